The van der Waals surface area contributed by atoms with Gasteiger partial charge in [-0.3, -0.25) is 4.79 Å². The van der Waals surface area contributed by atoms with Gasteiger partial charge in [0.15, 0.2) is 5.17 Å². The van der Waals surface area contributed by atoms with E-state index in [2.05, 4.69) is 16.5 Å². The minimum atomic E-state index is -0.0411. The molecule has 2 aliphatic heterocycles. The Balaban J connectivity index is 1.47. The number of nitrogens with zero attached hydrogens (tertiary/aromatic N) is 3. The number of hydrogen-bond donors (Lipinski definition) is 1. The highest BCUT2D eigenvalue weighted by Crippen LogP contribution is 2.40. The minimum Gasteiger partial charge on any atom is -0.325 e. The van der Waals surface area contributed by atoms with Gasteiger partial charge in [0.1, 0.15) is 0 Å². The lowest BCUT2D eigenvalue weighted by atomic mass is 10.0. The molecule has 0 bridgehead atoms. The van der Waals surface area contributed by atoms with Crippen LogP contribution in [0.4, 0.5) is 11.4 Å². The molecular formula is C19H18N4OS. The summed E-state index contributed by atoms with van der Waals surface area (Å²) in [6.45, 7) is 1.98. The second-order valence-corrected chi connectivity index (χ2v) is 6.94. The number of amides is 1. The number of nitrogens with one attached hydrogen (secondary N) is 1. The third kappa shape index (κ3) is 3.17. The molecule has 6 heteroatoms. The molecule has 2 aromatic rings. The summed E-state index contributed by atoms with van der Waals surface area (Å²) in [5, 5.41) is 10.1. The highest BCUT2D eigenvalue weighted by molar-refractivity contribution is 8.14. The molecule has 0 saturated heterocycles. The molecule has 0 aromatic heterocycles. The maximum atomic E-state index is 12.3. The standard InChI is InChI=1S/C19H18N4OS/c1-13-6-2-4-8-15(13)21-18(24)12-25-19-22-16-9-5-3-7-14(16)17-10-11-20-23(17)19/h2-9,11,17H,10,12H2,1H3,(H,21,24)/t17-/m1/s1. The number of benzene rings is 2. The smallest absolute Gasteiger partial charge is 0.234 e. The van der Waals surface area contributed by atoms with Gasteiger partial charge in [0, 0.05) is 23.9 Å². The van der Waals surface area contributed by atoms with E-state index in [9.17, 15) is 4.79 Å². The molecule has 4 rings (SSSR count). The Morgan fingerprint density at radius 3 is 2.92 bits per heavy atom. The lowest BCUT2D eigenvalue weighted by molar-refractivity contribution is -0.113. The zero-order valence-corrected chi connectivity index (χ0v) is 14.7. The number of hydrazone groups is 1. The van der Waals surface area contributed by atoms with Crippen molar-refractivity contribution in [3.8, 4) is 0 Å². The van der Waals surface area contributed by atoms with Crippen LogP contribution in [0.1, 0.15) is 23.6 Å². The Kier molecular flexibility index (Phi) is 4.28. The van der Waals surface area contributed by atoms with E-state index in [-0.39, 0.29) is 11.9 Å². The summed E-state index contributed by atoms with van der Waals surface area (Å²) < 4.78 is 0. The van der Waals surface area contributed by atoms with E-state index in [1.807, 2.05) is 60.6 Å². The third-order valence-electron chi connectivity index (χ3n) is 4.29. The third-order valence-corrected chi connectivity index (χ3v) is 5.23. The van der Waals surface area contributed by atoms with Gasteiger partial charge in [-0.1, -0.05) is 48.2 Å². The molecular weight excluding hydrogens is 332 g/mol. The number of hydrogen-bond acceptors (Lipinski definition) is 5. The second-order valence-electron chi connectivity index (χ2n) is 6.00. The van der Waals surface area contributed by atoms with Gasteiger partial charge in [-0.2, -0.15) is 5.10 Å². The molecule has 0 unspecified atom stereocenters. The van der Waals surface area contributed by atoms with Crippen molar-refractivity contribution in [3.63, 3.8) is 0 Å². The average molecular weight is 350 g/mol. The van der Waals surface area contributed by atoms with Gasteiger partial charge in [-0.05, 0) is 24.6 Å². The maximum Gasteiger partial charge on any atom is 0.234 e. The number of anilines is 1. The molecule has 0 radical (unpaired) electrons. The quantitative estimate of drug-likeness (QED) is 0.907. The lowest BCUT2D eigenvalue weighted by Gasteiger charge is -2.29. The second kappa shape index (κ2) is 6.72. The summed E-state index contributed by atoms with van der Waals surface area (Å²) in [6, 6.07) is 16.1. The van der Waals surface area contributed by atoms with Crippen LogP contribution in [0, 0.1) is 6.92 Å². The maximum absolute atomic E-state index is 12.3. The molecule has 5 nitrogen and oxygen atoms in total. The van der Waals surface area contributed by atoms with Crippen LogP contribution in [0.2, 0.25) is 0 Å². The van der Waals surface area contributed by atoms with E-state index in [0.717, 1.165) is 28.5 Å². The van der Waals surface area contributed by atoms with Crippen LogP contribution in [0.5, 0.6) is 0 Å². The number of thioether (sulfide) groups is 1. The Hall–Kier alpha value is -2.60. The molecule has 25 heavy (non-hydrogen) atoms. The first-order valence-corrected chi connectivity index (χ1v) is 9.18. The van der Waals surface area contributed by atoms with E-state index in [1.54, 1.807) is 0 Å². The van der Waals surface area contributed by atoms with Crippen LogP contribution in [0.3, 0.4) is 0 Å². The predicted molar refractivity (Wildman–Crippen MR) is 103 cm³/mol. The fraction of sp³-hybridized carbons (Fsp3) is 0.211. The first-order valence-electron chi connectivity index (χ1n) is 8.20. The Labute approximate surface area is 150 Å². The molecule has 2 heterocycles. The topological polar surface area (TPSA) is 57.1 Å². The molecule has 2 aliphatic rings. The van der Waals surface area contributed by atoms with Crippen LogP contribution in [-0.2, 0) is 4.79 Å². The van der Waals surface area contributed by atoms with Gasteiger partial charge < -0.3 is 5.32 Å². The van der Waals surface area contributed by atoms with Gasteiger partial charge in [0.2, 0.25) is 5.91 Å². The van der Waals surface area contributed by atoms with Gasteiger partial charge >= 0.3 is 0 Å². The van der Waals surface area contributed by atoms with Crippen LogP contribution >= 0.6 is 11.8 Å². The molecule has 0 aliphatic carbocycles. The SMILES string of the molecule is Cc1ccccc1NC(=O)CSC1=Nc2ccccc2[C@H]2CC=NN12. The molecule has 1 amide bonds. The summed E-state index contributed by atoms with van der Waals surface area (Å²) in [4.78, 5) is 17.0. The first kappa shape index (κ1) is 15.9. The van der Waals surface area contributed by atoms with E-state index >= 15 is 0 Å². The Morgan fingerprint density at radius 1 is 1.24 bits per heavy atom. The van der Waals surface area contributed by atoms with Crippen molar-refractivity contribution >= 4 is 40.4 Å². The van der Waals surface area contributed by atoms with Gasteiger partial charge in [0.25, 0.3) is 0 Å². The summed E-state index contributed by atoms with van der Waals surface area (Å²) in [5.74, 6) is 0.259. The van der Waals surface area contributed by atoms with Crippen molar-refractivity contribution in [2.24, 2.45) is 10.1 Å². The van der Waals surface area contributed by atoms with Crippen molar-refractivity contribution in [2.45, 2.75) is 19.4 Å². The van der Waals surface area contributed by atoms with Crippen molar-refractivity contribution in [2.75, 3.05) is 11.1 Å². The average Bonchev–Trinajstić information content (AvgIpc) is 3.12. The molecule has 0 spiro atoms. The normalized spacial score (nSPS) is 17.7. The van der Waals surface area contributed by atoms with Crippen LogP contribution in [0.25, 0.3) is 0 Å². The number of fused-ring (bicyclic) bond motifs is 3. The Bertz CT molecular complexity index is 877. The lowest BCUT2D eigenvalue weighted by Crippen LogP contribution is -2.29. The monoisotopic (exact) mass is 350 g/mol. The van der Waals surface area contributed by atoms with E-state index in [4.69, 9.17) is 4.99 Å². The zero-order chi connectivity index (χ0) is 17.2. The molecule has 0 saturated carbocycles. The molecule has 0 fully saturated rings. The number of para-hydroxylation sites is 2. The predicted octanol–water partition coefficient (Wildman–Crippen LogP) is 4.10. The number of carbonyl (C=O) groups is 1. The van der Waals surface area contributed by atoms with Crippen molar-refractivity contribution in [1.29, 1.82) is 0 Å². The van der Waals surface area contributed by atoms with Crippen LogP contribution in [0.15, 0.2) is 58.6 Å². The first-order chi connectivity index (χ1) is 12.2. The van der Waals surface area contributed by atoms with Crippen LogP contribution in [-0.4, -0.2) is 28.1 Å². The molecule has 2 aromatic carbocycles. The largest absolute Gasteiger partial charge is 0.325 e. The zero-order valence-electron chi connectivity index (χ0n) is 13.8. The van der Waals surface area contributed by atoms with Gasteiger partial charge in [0.05, 0.1) is 17.5 Å². The molecule has 1 atom stereocenters. The number of rotatable bonds is 3. The summed E-state index contributed by atoms with van der Waals surface area (Å²) in [6.07, 6.45) is 2.78. The highest BCUT2D eigenvalue weighted by atomic mass is 32.2. The van der Waals surface area contributed by atoms with Crippen molar-refractivity contribution < 1.29 is 4.79 Å². The van der Waals surface area contributed by atoms with E-state index in [1.165, 1.54) is 17.3 Å². The van der Waals surface area contributed by atoms with Gasteiger partial charge in [-0.25, -0.2) is 10.0 Å². The summed E-state index contributed by atoms with van der Waals surface area (Å²) in [5.41, 5.74) is 4.06. The molecule has 1 N–H and O–H groups in total. The number of aryl methyl sites for hydroxylation is 1. The van der Waals surface area contributed by atoms with Gasteiger partial charge in [-0.15, -0.1) is 0 Å². The fourth-order valence-corrected chi connectivity index (χ4v) is 3.81. The van der Waals surface area contributed by atoms with Crippen molar-refractivity contribution in [3.05, 3.63) is 59.7 Å². The minimum absolute atomic E-state index is 0.0411. The molecule has 126 valence electrons. The van der Waals surface area contributed by atoms with Crippen molar-refractivity contribution in [1.82, 2.24) is 5.01 Å². The summed E-state index contributed by atoms with van der Waals surface area (Å²) >= 11 is 1.42. The summed E-state index contributed by atoms with van der Waals surface area (Å²) in [7, 11) is 0. The fourth-order valence-electron chi connectivity index (χ4n) is 3.01. The number of carbonyl (C=O) groups excluding carboxylic acids is 1. The van der Waals surface area contributed by atoms with E-state index < -0.39 is 0 Å². The van der Waals surface area contributed by atoms with E-state index in [0.29, 0.717) is 5.75 Å². The highest BCUT2D eigenvalue weighted by Gasteiger charge is 2.32. The van der Waals surface area contributed by atoms with Crippen LogP contribution < -0.4 is 5.32 Å². The number of aliphatic imine (C=N–C) groups is 1. The number of amidine groups is 1. The Morgan fingerprint density at radius 2 is 2.04 bits per heavy atom.